The van der Waals surface area contributed by atoms with Crippen LogP contribution in [0.25, 0.3) is 0 Å². The molecule has 3 nitrogen and oxygen atoms in total. The summed E-state index contributed by atoms with van der Waals surface area (Å²) in [6.45, 7) is 4.15. The van der Waals surface area contributed by atoms with Gasteiger partial charge in [0.05, 0.1) is 17.5 Å². The number of carbonyl (C=O) groups excluding carboxylic acids is 2. The fourth-order valence-electron chi connectivity index (χ4n) is 4.30. The zero-order valence-electron chi connectivity index (χ0n) is 12.4. The molecule has 2 fully saturated rings. The van der Waals surface area contributed by atoms with E-state index in [0.29, 0.717) is 5.69 Å². The maximum absolute atomic E-state index is 12.9. The molecule has 2 aliphatic carbocycles. The van der Waals surface area contributed by atoms with Gasteiger partial charge in [0, 0.05) is 16.3 Å². The molecule has 4 heteroatoms. The van der Waals surface area contributed by atoms with Gasteiger partial charge in [-0.05, 0) is 41.9 Å². The Labute approximate surface area is 137 Å². The van der Waals surface area contributed by atoms with Crippen molar-refractivity contribution < 1.29 is 9.59 Å². The number of rotatable bonds is 1. The lowest BCUT2D eigenvalue weighted by atomic mass is 9.85. The number of anilines is 1. The topological polar surface area (TPSA) is 37.4 Å². The van der Waals surface area contributed by atoms with Gasteiger partial charge in [-0.1, -0.05) is 35.4 Å². The summed E-state index contributed by atoms with van der Waals surface area (Å²) in [5.41, 5.74) is 3.18. The standard InChI is InChI=1S/C18H16BrNO2/c1-9(2)14-10-7-8-11(14)16-15(10)17(21)20(18(16)22)13-6-4-3-5-12(13)19/h3-8,10-11,15-16H,1-2H3. The van der Waals surface area contributed by atoms with E-state index in [2.05, 4.69) is 41.9 Å². The third-order valence-corrected chi connectivity index (χ3v) is 5.76. The first-order chi connectivity index (χ1) is 10.5. The summed E-state index contributed by atoms with van der Waals surface area (Å²) < 4.78 is 0.777. The van der Waals surface area contributed by atoms with E-state index >= 15 is 0 Å². The number of carbonyl (C=O) groups is 2. The Bertz CT molecular complexity index is 726. The van der Waals surface area contributed by atoms with Crippen LogP contribution in [0.5, 0.6) is 0 Å². The van der Waals surface area contributed by atoms with E-state index in [9.17, 15) is 9.59 Å². The Hall–Kier alpha value is -1.68. The molecule has 0 aromatic heterocycles. The van der Waals surface area contributed by atoms with Crippen LogP contribution >= 0.6 is 15.9 Å². The minimum Gasteiger partial charge on any atom is -0.274 e. The molecule has 0 N–H and O–H groups in total. The van der Waals surface area contributed by atoms with Crippen molar-refractivity contribution in [3.8, 4) is 0 Å². The molecule has 0 radical (unpaired) electrons. The first-order valence-corrected chi connectivity index (χ1v) is 8.29. The van der Waals surface area contributed by atoms with E-state index in [1.165, 1.54) is 16.0 Å². The second-order valence-corrected chi connectivity index (χ2v) is 7.26. The monoisotopic (exact) mass is 357 g/mol. The molecule has 4 unspecified atom stereocenters. The predicted octanol–water partition coefficient (Wildman–Crippen LogP) is 3.71. The highest BCUT2D eigenvalue weighted by Gasteiger charge is 2.62. The van der Waals surface area contributed by atoms with Crippen LogP contribution in [0.15, 0.2) is 52.0 Å². The molecule has 4 rings (SSSR count). The molecule has 1 heterocycles. The van der Waals surface area contributed by atoms with Crippen LogP contribution in [0.2, 0.25) is 0 Å². The first kappa shape index (κ1) is 13.9. The zero-order valence-corrected chi connectivity index (χ0v) is 14.0. The van der Waals surface area contributed by atoms with Gasteiger partial charge in [-0.2, -0.15) is 0 Å². The van der Waals surface area contributed by atoms with Crippen molar-refractivity contribution in [2.45, 2.75) is 13.8 Å². The number of nitrogens with zero attached hydrogens (tertiary/aromatic N) is 1. The van der Waals surface area contributed by atoms with E-state index in [1.54, 1.807) is 0 Å². The van der Waals surface area contributed by atoms with Gasteiger partial charge >= 0.3 is 0 Å². The van der Waals surface area contributed by atoms with Gasteiger partial charge in [0.25, 0.3) is 0 Å². The van der Waals surface area contributed by atoms with Gasteiger partial charge in [0.15, 0.2) is 0 Å². The number of hydrogen-bond acceptors (Lipinski definition) is 2. The number of halogens is 1. The van der Waals surface area contributed by atoms with Crippen molar-refractivity contribution in [1.29, 1.82) is 0 Å². The van der Waals surface area contributed by atoms with Crippen molar-refractivity contribution in [2.24, 2.45) is 23.7 Å². The summed E-state index contributed by atoms with van der Waals surface area (Å²) in [5.74, 6) is -0.359. The molecular formula is C18H16BrNO2. The summed E-state index contributed by atoms with van der Waals surface area (Å²) >= 11 is 3.45. The Morgan fingerprint density at radius 1 is 1.00 bits per heavy atom. The second-order valence-electron chi connectivity index (χ2n) is 6.41. The highest BCUT2D eigenvalue weighted by atomic mass is 79.9. The molecule has 112 valence electrons. The third kappa shape index (κ3) is 1.62. The average Bonchev–Trinajstić information content (AvgIpc) is 3.11. The fraction of sp³-hybridized carbons (Fsp3) is 0.333. The largest absolute Gasteiger partial charge is 0.274 e. The van der Waals surface area contributed by atoms with Crippen LogP contribution in [0, 0.1) is 23.7 Å². The van der Waals surface area contributed by atoms with Gasteiger partial charge in [-0.15, -0.1) is 0 Å². The molecule has 2 bridgehead atoms. The molecule has 3 aliphatic rings. The lowest BCUT2D eigenvalue weighted by Crippen LogP contribution is -2.33. The first-order valence-electron chi connectivity index (χ1n) is 7.50. The van der Waals surface area contributed by atoms with Crippen LogP contribution in [-0.2, 0) is 9.59 Å². The van der Waals surface area contributed by atoms with Gasteiger partial charge in [0.2, 0.25) is 11.8 Å². The number of amides is 2. The summed E-state index contributed by atoms with van der Waals surface area (Å²) in [7, 11) is 0. The SMILES string of the molecule is CC(C)=C1C2C=CC1C1C(=O)N(c3ccccc3Br)C(=O)C21. The summed E-state index contributed by atoms with van der Waals surface area (Å²) in [4.78, 5) is 27.3. The number of fused-ring (bicyclic) bond motifs is 5. The third-order valence-electron chi connectivity index (χ3n) is 5.09. The number of hydrogen-bond donors (Lipinski definition) is 0. The lowest BCUT2D eigenvalue weighted by Gasteiger charge is -2.20. The molecule has 1 aromatic carbocycles. The molecule has 0 spiro atoms. The molecule has 1 aliphatic heterocycles. The van der Waals surface area contributed by atoms with E-state index in [-0.39, 0.29) is 35.5 Å². The maximum Gasteiger partial charge on any atom is 0.238 e. The molecule has 22 heavy (non-hydrogen) atoms. The lowest BCUT2D eigenvalue weighted by molar-refractivity contribution is -0.122. The predicted molar refractivity (Wildman–Crippen MR) is 88.1 cm³/mol. The van der Waals surface area contributed by atoms with Crippen molar-refractivity contribution >= 4 is 33.4 Å². The average molecular weight is 358 g/mol. The summed E-state index contributed by atoms with van der Waals surface area (Å²) in [6.07, 6.45) is 4.23. The number of allylic oxidation sites excluding steroid dienone is 4. The normalized spacial score (nSPS) is 32.1. The van der Waals surface area contributed by atoms with Crippen LogP contribution in [0.4, 0.5) is 5.69 Å². The Morgan fingerprint density at radius 2 is 1.55 bits per heavy atom. The van der Waals surface area contributed by atoms with E-state index < -0.39 is 0 Å². The van der Waals surface area contributed by atoms with Gasteiger partial charge in [-0.3, -0.25) is 9.59 Å². The van der Waals surface area contributed by atoms with E-state index in [4.69, 9.17) is 0 Å². The summed E-state index contributed by atoms with van der Waals surface area (Å²) in [6, 6.07) is 7.41. The highest BCUT2D eigenvalue weighted by Crippen LogP contribution is 2.57. The molecule has 2 amide bonds. The highest BCUT2D eigenvalue weighted by molar-refractivity contribution is 9.10. The van der Waals surface area contributed by atoms with Crippen molar-refractivity contribution in [3.05, 3.63) is 52.0 Å². The molecule has 4 atom stereocenters. The van der Waals surface area contributed by atoms with Crippen LogP contribution in [-0.4, -0.2) is 11.8 Å². The number of imide groups is 1. The minimum atomic E-state index is -0.223. The Balaban J connectivity index is 1.80. The number of para-hydroxylation sites is 1. The van der Waals surface area contributed by atoms with Crippen LogP contribution in [0.3, 0.4) is 0 Å². The minimum absolute atomic E-state index is 0.0579. The molecule has 1 aromatic rings. The van der Waals surface area contributed by atoms with Crippen molar-refractivity contribution in [3.63, 3.8) is 0 Å². The Morgan fingerprint density at radius 3 is 2.05 bits per heavy atom. The zero-order chi connectivity index (χ0) is 15.6. The number of benzene rings is 1. The fourth-order valence-corrected chi connectivity index (χ4v) is 4.76. The second kappa shape index (κ2) is 4.66. The van der Waals surface area contributed by atoms with Crippen molar-refractivity contribution in [1.82, 2.24) is 0 Å². The molecule has 1 saturated carbocycles. The van der Waals surface area contributed by atoms with E-state index in [0.717, 1.165) is 4.47 Å². The van der Waals surface area contributed by atoms with Crippen LogP contribution < -0.4 is 4.90 Å². The van der Waals surface area contributed by atoms with Gasteiger partial charge in [0.1, 0.15) is 0 Å². The van der Waals surface area contributed by atoms with Crippen molar-refractivity contribution in [2.75, 3.05) is 4.90 Å². The Kier molecular flexibility index (Phi) is 2.95. The van der Waals surface area contributed by atoms with Gasteiger partial charge in [-0.25, -0.2) is 4.90 Å². The molecule has 1 saturated heterocycles. The van der Waals surface area contributed by atoms with Crippen LogP contribution in [0.1, 0.15) is 13.8 Å². The smallest absolute Gasteiger partial charge is 0.238 e. The quantitative estimate of drug-likeness (QED) is 0.567. The molecular weight excluding hydrogens is 342 g/mol. The van der Waals surface area contributed by atoms with Gasteiger partial charge < -0.3 is 0 Å². The van der Waals surface area contributed by atoms with E-state index in [1.807, 2.05) is 24.3 Å². The maximum atomic E-state index is 12.9. The summed E-state index contributed by atoms with van der Waals surface area (Å²) in [5, 5.41) is 0.